The van der Waals surface area contributed by atoms with Gasteiger partial charge in [0.15, 0.2) is 0 Å². The van der Waals surface area contributed by atoms with E-state index in [2.05, 4.69) is 52.1 Å². The lowest BCUT2D eigenvalue weighted by molar-refractivity contribution is 0.164. The van der Waals surface area contributed by atoms with Gasteiger partial charge in [-0.2, -0.15) is 0 Å². The molecule has 21 heavy (non-hydrogen) atoms. The minimum absolute atomic E-state index is 0.721. The number of piperidine rings is 1. The lowest BCUT2D eigenvalue weighted by Gasteiger charge is -2.32. The first kappa shape index (κ1) is 14.2. The molecule has 0 aromatic carbocycles. The summed E-state index contributed by atoms with van der Waals surface area (Å²) in [5, 5.41) is 0. The second-order valence-corrected chi connectivity index (χ2v) is 6.04. The largest absolute Gasteiger partial charge is 0.297 e. The molecule has 0 aliphatic carbocycles. The molecular formula is C18H23N3. The molecular weight excluding hydrogens is 258 g/mol. The lowest BCUT2D eigenvalue weighted by atomic mass is 9.93. The van der Waals surface area contributed by atoms with E-state index >= 15 is 0 Å². The maximum absolute atomic E-state index is 4.62. The van der Waals surface area contributed by atoms with E-state index in [-0.39, 0.29) is 0 Å². The van der Waals surface area contributed by atoms with Crippen molar-refractivity contribution < 1.29 is 0 Å². The van der Waals surface area contributed by atoms with Crippen molar-refractivity contribution in [1.82, 2.24) is 14.9 Å². The number of nitrogens with zero attached hydrogens (tertiary/aromatic N) is 3. The van der Waals surface area contributed by atoms with Crippen molar-refractivity contribution in [2.75, 3.05) is 13.1 Å². The van der Waals surface area contributed by atoms with Gasteiger partial charge < -0.3 is 0 Å². The van der Waals surface area contributed by atoms with E-state index in [0.717, 1.165) is 31.1 Å². The van der Waals surface area contributed by atoms with Gasteiger partial charge in [-0.1, -0.05) is 12.1 Å². The van der Waals surface area contributed by atoms with Gasteiger partial charge >= 0.3 is 0 Å². The predicted molar refractivity (Wildman–Crippen MR) is 84.9 cm³/mol. The zero-order chi connectivity index (χ0) is 14.5. The van der Waals surface area contributed by atoms with Crippen LogP contribution >= 0.6 is 0 Å². The van der Waals surface area contributed by atoms with Crippen LogP contribution in [0.15, 0.2) is 42.6 Å². The first-order valence-corrected chi connectivity index (χ1v) is 7.84. The first-order chi connectivity index (χ1) is 10.3. The molecule has 3 nitrogen and oxygen atoms in total. The SMILES string of the molecule is Cc1cccc(CN2CCCC(Cc3ccccn3)C2)n1. The third kappa shape index (κ3) is 4.11. The molecule has 3 rings (SSSR count). The monoisotopic (exact) mass is 281 g/mol. The molecule has 0 N–H and O–H groups in total. The Morgan fingerprint density at radius 2 is 2.05 bits per heavy atom. The zero-order valence-corrected chi connectivity index (χ0v) is 12.7. The van der Waals surface area contributed by atoms with Gasteiger partial charge in [-0.25, -0.2) is 0 Å². The second-order valence-electron chi connectivity index (χ2n) is 6.04. The lowest BCUT2D eigenvalue weighted by Crippen LogP contribution is -2.36. The van der Waals surface area contributed by atoms with Crippen LogP contribution in [-0.4, -0.2) is 28.0 Å². The molecule has 1 saturated heterocycles. The topological polar surface area (TPSA) is 29.0 Å². The maximum Gasteiger partial charge on any atom is 0.0547 e. The van der Waals surface area contributed by atoms with Gasteiger partial charge in [-0.3, -0.25) is 14.9 Å². The van der Waals surface area contributed by atoms with Crippen molar-refractivity contribution in [3.05, 3.63) is 59.7 Å². The van der Waals surface area contributed by atoms with E-state index in [1.807, 2.05) is 12.3 Å². The predicted octanol–water partition coefficient (Wildman–Crippen LogP) is 3.24. The number of aromatic nitrogens is 2. The Morgan fingerprint density at radius 1 is 1.14 bits per heavy atom. The average molecular weight is 281 g/mol. The maximum atomic E-state index is 4.62. The summed E-state index contributed by atoms with van der Waals surface area (Å²) in [6.07, 6.45) is 5.59. The van der Waals surface area contributed by atoms with E-state index in [1.165, 1.54) is 30.8 Å². The number of aryl methyl sites for hydroxylation is 1. The fourth-order valence-corrected chi connectivity index (χ4v) is 3.19. The number of rotatable bonds is 4. The Hall–Kier alpha value is -1.74. The summed E-state index contributed by atoms with van der Waals surface area (Å²) < 4.78 is 0. The summed E-state index contributed by atoms with van der Waals surface area (Å²) in [6, 6.07) is 12.5. The van der Waals surface area contributed by atoms with E-state index in [4.69, 9.17) is 0 Å². The fourth-order valence-electron chi connectivity index (χ4n) is 3.19. The molecule has 0 saturated carbocycles. The Balaban J connectivity index is 1.58. The smallest absolute Gasteiger partial charge is 0.0547 e. The quantitative estimate of drug-likeness (QED) is 0.861. The van der Waals surface area contributed by atoms with Crippen LogP contribution in [0.1, 0.15) is 29.9 Å². The van der Waals surface area contributed by atoms with E-state index in [9.17, 15) is 0 Å². The molecule has 3 heterocycles. The molecule has 2 aromatic rings. The van der Waals surface area contributed by atoms with Crippen LogP contribution in [-0.2, 0) is 13.0 Å². The van der Waals surface area contributed by atoms with Crippen molar-refractivity contribution in [3.63, 3.8) is 0 Å². The minimum atomic E-state index is 0.721. The number of hydrogen-bond acceptors (Lipinski definition) is 3. The first-order valence-electron chi connectivity index (χ1n) is 7.84. The third-order valence-corrected chi connectivity index (χ3v) is 4.16. The molecule has 3 heteroatoms. The van der Waals surface area contributed by atoms with Crippen molar-refractivity contribution in [2.24, 2.45) is 5.92 Å². The molecule has 2 aromatic heterocycles. The highest BCUT2D eigenvalue weighted by Gasteiger charge is 2.20. The Bertz CT molecular complexity index is 568. The van der Waals surface area contributed by atoms with Gasteiger partial charge in [0.1, 0.15) is 0 Å². The van der Waals surface area contributed by atoms with Gasteiger partial charge in [0.2, 0.25) is 0 Å². The van der Waals surface area contributed by atoms with Crippen molar-refractivity contribution in [3.8, 4) is 0 Å². The van der Waals surface area contributed by atoms with E-state index in [1.54, 1.807) is 0 Å². The van der Waals surface area contributed by atoms with Crippen LogP contribution in [0.5, 0.6) is 0 Å². The molecule has 1 unspecified atom stereocenters. The number of likely N-dealkylation sites (tertiary alicyclic amines) is 1. The third-order valence-electron chi connectivity index (χ3n) is 4.16. The van der Waals surface area contributed by atoms with Crippen LogP contribution in [0.2, 0.25) is 0 Å². The van der Waals surface area contributed by atoms with Crippen molar-refractivity contribution >= 4 is 0 Å². The average Bonchev–Trinajstić information content (AvgIpc) is 2.49. The van der Waals surface area contributed by atoms with Crippen LogP contribution < -0.4 is 0 Å². The fraction of sp³-hybridized carbons (Fsp3) is 0.444. The van der Waals surface area contributed by atoms with Gasteiger partial charge in [-0.15, -0.1) is 0 Å². The summed E-state index contributed by atoms with van der Waals surface area (Å²) in [7, 11) is 0. The standard InChI is InChI=1S/C18H23N3/c1-15-6-4-9-18(20-15)14-21-11-5-7-16(13-21)12-17-8-2-3-10-19-17/h2-4,6,8-10,16H,5,7,11-14H2,1H3. The highest BCUT2D eigenvalue weighted by Crippen LogP contribution is 2.21. The number of hydrogen-bond donors (Lipinski definition) is 0. The zero-order valence-electron chi connectivity index (χ0n) is 12.7. The summed E-state index contributed by atoms with van der Waals surface area (Å²) in [4.78, 5) is 11.6. The van der Waals surface area contributed by atoms with Gasteiger partial charge in [0.25, 0.3) is 0 Å². The molecule has 1 fully saturated rings. The summed E-state index contributed by atoms with van der Waals surface area (Å²) in [6.45, 7) is 5.38. The van der Waals surface area contributed by atoms with Crippen molar-refractivity contribution in [2.45, 2.75) is 32.7 Å². The molecule has 0 radical (unpaired) electrons. The van der Waals surface area contributed by atoms with Crippen LogP contribution in [0.25, 0.3) is 0 Å². The Labute approximate surface area is 127 Å². The normalized spacial score (nSPS) is 19.6. The number of pyridine rings is 2. The van der Waals surface area contributed by atoms with Crippen molar-refractivity contribution in [1.29, 1.82) is 0 Å². The highest BCUT2D eigenvalue weighted by molar-refractivity contribution is 5.10. The molecule has 1 aliphatic heterocycles. The molecule has 1 atom stereocenters. The molecule has 0 amide bonds. The van der Waals surface area contributed by atoms with E-state index in [0.29, 0.717) is 0 Å². The molecule has 1 aliphatic rings. The molecule has 0 spiro atoms. The van der Waals surface area contributed by atoms with Crippen LogP contribution in [0.4, 0.5) is 0 Å². The van der Waals surface area contributed by atoms with E-state index < -0.39 is 0 Å². The Kier molecular flexibility index (Phi) is 4.61. The minimum Gasteiger partial charge on any atom is -0.297 e. The Morgan fingerprint density at radius 3 is 2.86 bits per heavy atom. The molecule has 0 bridgehead atoms. The van der Waals surface area contributed by atoms with Gasteiger partial charge in [0, 0.05) is 30.7 Å². The summed E-state index contributed by atoms with van der Waals surface area (Å²) in [5.41, 5.74) is 3.51. The van der Waals surface area contributed by atoms with Gasteiger partial charge in [-0.05, 0) is 62.9 Å². The summed E-state index contributed by atoms with van der Waals surface area (Å²) in [5.74, 6) is 0.721. The highest BCUT2D eigenvalue weighted by atomic mass is 15.1. The van der Waals surface area contributed by atoms with Crippen LogP contribution in [0, 0.1) is 12.8 Å². The second kappa shape index (κ2) is 6.81. The summed E-state index contributed by atoms with van der Waals surface area (Å²) >= 11 is 0. The van der Waals surface area contributed by atoms with Gasteiger partial charge in [0.05, 0.1) is 5.69 Å². The van der Waals surface area contributed by atoms with Crippen LogP contribution in [0.3, 0.4) is 0 Å². The molecule has 110 valence electrons.